The fourth-order valence-corrected chi connectivity index (χ4v) is 6.18. The minimum Gasteiger partial charge on any atom is -0.478 e. The van der Waals surface area contributed by atoms with E-state index in [0.29, 0.717) is 30.3 Å². The van der Waals surface area contributed by atoms with Gasteiger partial charge < -0.3 is 15.3 Å². The molecule has 0 spiro atoms. The van der Waals surface area contributed by atoms with Crippen molar-refractivity contribution in [3.8, 4) is 0 Å². The van der Waals surface area contributed by atoms with Crippen molar-refractivity contribution in [1.82, 2.24) is 0 Å². The molecule has 0 aromatic rings. The van der Waals surface area contributed by atoms with Gasteiger partial charge in [-0.3, -0.25) is 0 Å². The van der Waals surface area contributed by atoms with E-state index in [9.17, 15) is 19.8 Å². The summed E-state index contributed by atoms with van der Waals surface area (Å²) in [6, 6.07) is 0. The molecule has 0 unspecified atom stereocenters. The van der Waals surface area contributed by atoms with Crippen molar-refractivity contribution >= 4 is 11.9 Å². The zero-order valence-corrected chi connectivity index (χ0v) is 18.6. The van der Waals surface area contributed by atoms with Gasteiger partial charge in [-0.2, -0.15) is 0 Å². The maximum absolute atomic E-state index is 12.0. The molecular formula is C25H36O5. The molecule has 0 aliphatic heterocycles. The Morgan fingerprint density at radius 1 is 1.27 bits per heavy atom. The molecule has 3 rings (SSSR count). The average molecular weight is 417 g/mol. The molecule has 0 bridgehead atoms. The molecule has 7 atom stereocenters. The monoisotopic (exact) mass is 416 g/mol. The van der Waals surface area contributed by atoms with Crippen LogP contribution in [0, 0.1) is 35.0 Å². The summed E-state index contributed by atoms with van der Waals surface area (Å²) < 4.78 is 0. The molecule has 3 N–H and O–H groups in total. The Bertz CT molecular complexity index is 791. The second-order valence-electron chi connectivity index (χ2n) is 10.1. The quantitative estimate of drug-likeness (QED) is 0.426. The maximum Gasteiger partial charge on any atom is 0.331 e. The third-order valence-electron chi connectivity index (χ3n) is 8.26. The second-order valence-corrected chi connectivity index (χ2v) is 10.1. The van der Waals surface area contributed by atoms with E-state index in [1.165, 1.54) is 12.5 Å². The van der Waals surface area contributed by atoms with Crippen LogP contribution in [0.25, 0.3) is 0 Å². The Kier molecular flexibility index (Phi) is 6.61. The van der Waals surface area contributed by atoms with Crippen LogP contribution in [0.5, 0.6) is 0 Å². The first-order valence-electron chi connectivity index (χ1n) is 11.3. The number of hydrogen-bond acceptors (Lipinski definition) is 3. The first-order chi connectivity index (χ1) is 14.0. The van der Waals surface area contributed by atoms with E-state index in [0.717, 1.165) is 25.7 Å². The van der Waals surface area contributed by atoms with Crippen molar-refractivity contribution in [3.63, 3.8) is 0 Å². The molecule has 0 heterocycles. The van der Waals surface area contributed by atoms with Crippen LogP contribution in [-0.4, -0.2) is 33.4 Å². The van der Waals surface area contributed by atoms with Gasteiger partial charge in [0, 0.05) is 17.1 Å². The Morgan fingerprint density at radius 3 is 2.60 bits per heavy atom. The smallest absolute Gasteiger partial charge is 0.331 e. The van der Waals surface area contributed by atoms with E-state index in [1.807, 2.05) is 13.0 Å². The SMILES string of the molecule is C/C(=C\C[C@H](O)[C@H](C)C1=CC[C@@]2(C)C[C@@H]3[C@H](C)CC[C@@H]3/C(C(=O)O)=C\C[C@H]12)C(=O)O. The van der Waals surface area contributed by atoms with E-state index in [-0.39, 0.29) is 28.7 Å². The Labute approximate surface area is 179 Å². The van der Waals surface area contributed by atoms with E-state index in [4.69, 9.17) is 5.11 Å². The molecule has 5 heteroatoms. The molecule has 0 aromatic carbocycles. The molecule has 3 aliphatic rings. The lowest BCUT2D eigenvalue weighted by Gasteiger charge is -2.41. The molecule has 0 radical (unpaired) electrons. The van der Waals surface area contributed by atoms with Gasteiger partial charge >= 0.3 is 11.9 Å². The average Bonchev–Trinajstić information content (AvgIpc) is 3.18. The van der Waals surface area contributed by atoms with Crippen molar-refractivity contribution in [3.05, 3.63) is 34.9 Å². The zero-order chi connectivity index (χ0) is 22.2. The lowest BCUT2D eigenvalue weighted by molar-refractivity contribution is -0.134. The summed E-state index contributed by atoms with van der Waals surface area (Å²) in [4.78, 5) is 23.0. The van der Waals surface area contributed by atoms with Crippen LogP contribution in [0.4, 0.5) is 0 Å². The number of aliphatic hydroxyl groups is 1. The van der Waals surface area contributed by atoms with Gasteiger partial charge in [0.15, 0.2) is 0 Å². The minimum atomic E-state index is -0.964. The molecular weight excluding hydrogens is 380 g/mol. The summed E-state index contributed by atoms with van der Waals surface area (Å²) in [5.74, 6) is -0.532. The van der Waals surface area contributed by atoms with E-state index >= 15 is 0 Å². The maximum atomic E-state index is 12.0. The lowest BCUT2D eigenvalue weighted by Crippen LogP contribution is -2.35. The summed E-state index contributed by atoms with van der Waals surface area (Å²) in [7, 11) is 0. The summed E-state index contributed by atoms with van der Waals surface area (Å²) in [5.41, 5.74) is 2.12. The number of fused-ring (bicyclic) bond motifs is 2. The highest BCUT2D eigenvalue weighted by Gasteiger charge is 2.49. The van der Waals surface area contributed by atoms with E-state index < -0.39 is 18.0 Å². The van der Waals surface area contributed by atoms with Crippen LogP contribution in [-0.2, 0) is 9.59 Å². The molecule has 1 fully saturated rings. The number of carboxylic acid groups (broad SMARTS) is 2. The summed E-state index contributed by atoms with van der Waals surface area (Å²) in [6.07, 6.45) is 10.2. The zero-order valence-electron chi connectivity index (χ0n) is 18.6. The predicted molar refractivity (Wildman–Crippen MR) is 116 cm³/mol. The number of carbonyl (C=O) groups is 2. The van der Waals surface area contributed by atoms with Gasteiger partial charge in [0.05, 0.1) is 6.10 Å². The summed E-state index contributed by atoms with van der Waals surface area (Å²) in [6.45, 7) is 8.14. The molecule has 1 saturated carbocycles. The molecule has 0 aromatic heterocycles. The fraction of sp³-hybridized carbons (Fsp3) is 0.680. The van der Waals surface area contributed by atoms with Crippen LogP contribution in [0.3, 0.4) is 0 Å². The van der Waals surface area contributed by atoms with Crippen LogP contribution in [0.15, 0.2) is 34.9 Å². The number of hydrogen-bond donors (Lipinski definition) is 3. The van der Waals surface area contributed by atoms with Crippen LogP contribution in [0.2, 0.25) is 0 Å². The van der Waals surface area contributed by atoms with Gasteiger partial charge in [-0.05, 0) is 74.5 Å². The Hall–Kier alpha value is -1.88. The van der Waals surface area contributed by atoms with Gasteiger partial charge in [0.25, 0.3) is 0 Å². The van der Waals surface area contributed by atoms with Crippen molar-refractivity contribution in [1.29, 1.82) is 0 Å². The highest BCUT2D eigenvalue weighted by Crippen LogP contribution is 2.57. The molecule has 166 valence electrons. The molecule has 0 saturated heterocycles. The second kappa shape index (κ2) is 8.70. The van der Waals surface area contributed by atoms with Crippen LogP contribution >= 0.6 is 0 Å². The van der Waals surface area contributed by atoms with Crippen molar-refractivity contribution in [2.45, 2.75) is 72.3 Å². The van der Waals surface area contributed by atoms with Gasteiger partial charge in [-0.15, -0.1) is 0 Å². The van der Waals surface area contributed by atoms with Crippen molar-refractivity contribution < 1.29 is 24.9 Å². The van der Waals surface area contributed by atoms with Crippen molar-refractivity contribution in [2.75, 3.05) is 0 Å². The molecule has 0 amide bonds. The number of aliphatic hydroxyl groups excluding tert-OH is 1. The lowest BCUT2D eigenvalue weighted by atomic mass is 9.63. The summed E-state index contributed by atoms with van der Waals surface area (Å²) in [5, 5.41) is 29.6. The Balaban J connectivity index is 1.84. The van der Waals surface area contributed by atoms with Gasteiger partial charge in [-0.25, -0.2) is 9.59 Å². The standard InChI is InChI=1S/C25H36O5/c1-14-5-7-18-19(24(29)30)8-9-21-17(11-12-25(21,4)13-20(14)18)16(3)22(26)10-6-15(2)23(27)28/h6,8,11,14,16,18,20-22,26H,5,7,9-10,12-13H2,1-4H3,(H,27,28)(H,29,30)/b15-6+,19-8+/t14-,16-,18-,20-,21-,22+,25+/m1/s1. The van der Waals surface area contributed by atoms with Gasteiger partial charge in [-0.1, -0.05) is 44.6 Å². The molecule has 3 aliphatic carbocycles. The first-order valence-corrected chi connectivity index (χ1v) is 11.3. The highest BCUT2D eigenvalue weighted by atomic mass is 16.4. The van der Waals surface area contributed by atoms with Crippen LogP contribution in [0.1, 0.15) is 66.2 Å². The normalized spacial score (nSPS) is 37.7. The topological polar surface area (TPSA) is 94.8 Å². The highest BCUT2D eigenvalue weighted by molar-refractivity contribution is 5.87. The minimum absolute atomic E-state index is 0.0815. The van der Waals surface area contributed by atoms with Crippen LogP contribution < -0.4 is 0 Å². The first kappa shape index (κ1) is 22.8. The Morgan fingerprint density at radius 2 is 1.97 bits per heavy atom. The van der Waals surface area contributed by atoms with Gasteiger partial charge in [0.1, 0.15) is 0 Å². The predicted octanol–water partition coefficient (Wildman–Crippen LogP) is 4.82. The van der Waals surface area contributed by atoms with Gasteiger partial charge in [0.2, 0.25) is 0 Å². The number of allylic oxidation sites excluding steroid dienone is 2. The van der Waals surface area contributed by atoms with E-state index in [2.05, 4.69) is 19.9 Å². The number of rotatable bonds is 6. The third kappa shape index (κ3) is 4.27. The fourth-order valence-electron chi connectivity index (χ4n) is 6.18. The van der Waals surface area contributed by atoms with E-state index in [1.54, 1.807) is 6.08 Å². The van der Waals surface area contributed by atoms with Crippen molar-refractivity contribution in [2.24, 2.45) is 35.0 Å². The summed E-state index contributed by atoms with van der Waals surface area (Å²) >= 11 is 0. The molecule has 30 heavy (non-hydrogen) atoms. The largest absolute Gasteiger partial charge is 0.478 e. The molecule has 5 nitrogen and oxygen atoms in total. The number of aliphatic carboxylic acids is 2. The number of carboxylic acids is 2. The third-order valence-corrected chi connectivity index (χ3v) is 8.26.